The van der Waals surface area contributed by atoms with Crippen LogP contribution in [0.4, 0.5) is 13.2 Å². The van der Waals surface area contributed by atoms with Gasteiger partial charge in [-0.15, -0.1) is 11.3 Å². The van der Waals surface area contributed by atoms with Crippen LogP contribution in [-0.2, 0) is 19.3 Å². The molecule has 124 valence electrons. The van der Waals surface area contributed by atoms with Crippen molar-refractivity contribution >= 4 is 17.3 Å². The number of thiophene rings is 1. The minimum atomic E-state index is -4.33. The average molecular weight is 341 g/mol. The summed E-state index contributed by atoms with van der Waals surface area (Å²) in [4.78, 5) is 5.28. The van der Waals surface area contributed by atoms with E-state index in [1.807, 2.05) is 18.4 Å². The summed E-state index contributed by atoms with van der Waals surface area (Å²) in [6.45, 7) is 2.94. The lowest BCUT2D eigenvalue weighted by Crippen LogP contribution is -2.36. The van der Waals surface area contributed by atoms with Gasteiger partial charge >= 0.3 is 6.18 Å². The van der Waals surface area contributed by atoms with Gasteiger partial charge in [-0.2, -0.15) is 13.2 Å². The Morgan fingerprint density at radius 2 is 1.91 bits per heavy atom. The molecule has 0 spiro atoms. The summed E-state index contributed by atoms with van der Waals surface area (Å²) in [5.41, 5.74) is 1.11. The molecular formula is C16H18F3N3S. The molecule has 1 heterocycles. The normalized spacial score (nSPS) is 12.3. The molecule has 0 aliphatic carbocycles. The smallest absolute Gasteiger partial charge is 0.352 e. The third kappa shape index (κ3) is 4.99. The number of halogens is 3. The zero-order chi connectivity index (χ0) is 16.9. The van der Waals surface area contributed by atoms with Gasteiger partial charge in [0, 0.05) is 18.5 Å². The summed E-state index contributed by atoms with van der Waals surface area (Å²) < 4.78 is 38.1. The lowest BCUT2D eigenvalue weighted by Gasteiger charge is -2.13. The summed E-state index contributed by atoms with van der Waals surface area (Å²) in [5, 5.41) is 8.20. The lowest BCUT2D eigenvalue weighted by atomic mass is 10.1. The van der Waals surface area contributed by atoms with Crippen molar-refractivity contribution in [2.45, 2.75) is 26.2 Å². The molecule has 3 nitrogen and oxygen atoms in total. The predicted molar refractivity (Wildman–Crippen MR) is 87.5 cm³/mol. The fourth-order valence-electron chi connectivity index (χ4n) is 2.01. The van der Waals surface area contributed by atoms with Gasteiger partial charge in [-0.1, -0.05) is 12.1 Å². The molecule has 0 fully saturated rings. The van der Waals surface area contributed by atoms with Gasteiger partial charge in [0.2, 0.25) is 0 Å². The first-order valence-electron chi connectivity index (χ1n) is 7.04. The number of aliphatic imine (C=N–C) groups is 1. The molecule has 1 aromatic heterocycles. The van der Waals surface area contributed by atoms with Crippen LogP contribution in [0.15, 0.2) is 40.7 Å². The van der Waals surface area contributed by atoms with Crippen LogP contribution in [-0.4, -0.2) is 13.0 Å². The fraction of sp³-hybridized carbons (Fsp3) is 0.312. The Bertz CT molecular complexity index is 677. The van der Waals surface area contributed by atoms with Crippen LogP contribution in [0.3, 0.4) is 0 Å². The highest BCUT2D eigenvalue weighted by atomic mass is 32.1. The molecule has 0 saturated heterocycles. The van der Waals surface area contributed by atoms with E-state index in [1.165, 1.54) is 16.5 Å². The molecule has 2 aromatic rings. The van der Waals surface area contributed by atoms with Gasteiger partial charge in [0.1, 0.15) is 0 Å². The Balaban J connectivity index is 1.92. The number of hydrogen-bond donors (Lipinski definition) is 2. The van der Waals surface area contributed by atoms with Gasteiger partial charge in [0.05, 0.1) is 12.1 Å². The van der Waals surface area contributed by atoms with Crippen LogP contribution in [0.2, 0.25) is 0 Å². The van der Waals surface area contributed by atoms with Gasteiger partial charge in [-0.25, -0.2) is 0 Å². The molecular weight excluding hydrogens is 323 g/mol. The van der Waals surface area contributed by atoms with E-state index >= 15 is 0 Å². The Morgan fingerprint density at radius 3 is 2.52 bits per heavy atom. The van der Waals surface area contributed by atoms with Gasteiger partial charge < -0.3 is 10.6 Å². The van der Waals surface area contributed by atoms with Crippen LogP contribution in [0, 0.1) is 6.92 Å². The SMILES string of the molecule is CN=C(NCc1cccc(C(F)(F)F)c1)NCc1sccc1C. The standard InChI is InChI=1S/C16H18F3N3S/c1-11-6-7-23-14(11)10-22-15(20-2)21-9-12-4-3-5-13(8-12)16(17,18)19/h3-8H,9-10H2,1-2H3,(H2,20,21,22). The third-order valence-corrected chi connectivity index (χ3v) is 4.35. The molecule has 2 N–H and O–H groups in total. The number of rotatable bonds is 4. The van der Waals surface area contributed by atoms with Crippen molar-refractivity contribution in [1.82, 2.24) is 10.6 Å². The van der Waals surface area contributed by atoms with Crippen molar-refractivity contribution in [2.75, 3.05) is 7.05 Å². The highest BCUT2D eigenvalue weighted by Gasteiger charge is 2.30. The van der Waals surface area contributed by atoms with E-state index in [4.69, 9.17) is 0 Å². The minimum Gasteiger partial charge on any atom is -0.352 e. The Morgan fingerprint density at radius 1 is 1.17 bits per heavy atom. The van der Waals surface area contributed by atoms with Crippen molar-refractivity contribution in [3.05, 3.63) is 57.3 Å². The summed E-state index contributed by atoms with van der Waals surface area (Å²) in [6, 6.07) is 7.31. The average Bonchev–Trinajstić information content (AvgIpc) is 2.92. The second-order valence-corrected chi connectivity index (χ2v) is 6.00. The molecule has 0 atom stereocenters. The summed E-state index contributed by atoms with van der Waals surface area (Å²) in [5.74, 6) is 0.551. The zero-order valence-corrected chi connectivity index (χ0v) is 13.7. The first-order chi connectivity index (χ1) is 10.9. The van der Waals surface area contributed by atoms with Crippen molar-refractivity contribution in [1.29, 1.82) is 0 Å². The number of aryl methyl sites for hydroxylation is 1. The summed E-state index contributed by atoms with van der Waals surface area (Å²) >= 11 is 1.65. The maximum Gasteiger partial charge on any atom is 0.416 e. The number of nitrogens with one attached hydrogen (secondary N) is 2. The molecule has 0 saturated carbocycles. The van der Waals surface area contributed by atoms with Crippen LogP contribution in [0.25, 0.3) is 0 Å². The molecule has 1 aromatic carbocycles. The van der Waals surface area contributed by atoms with Gasteiger partial charge in [-0.3, -0.25) is 4.99 Å². The quantitative estimate of drug-likeness (QED) is 0.653. The Kier molecular flexibility index (Phi) is 5.65. The molecule has 0 aliphatic heterocycles. The van der Waals surface area contributed by atoms with E-state index in [1.54, 1.807) is 24.5 Å². The van der Waals surface area contributed by atoms with Crippen molar-refractivity contribution < 1.29 is 13.2 Å². The monoisotopic (exact) mass is 341 g/mol. The number of alkyl halides is 3. The predicted octanol–water partition coefficient (Wildman–Crippen LogP) is 3.94. The molecule has 2 rings (SSSR count). The first kappa shape index (κ1) is 17.3. The molecule has 0 radical (unpaired) electrons. The number of guanidine groups is 1. The molecule has 0 unspecified atom stereocenters. The van der Waals surface area contributed by atoms with E-state index in [9.17, 15) is 13.2 Å². The van der Waals surface area contributed by atoms with Crippen LogP contribution in [0.5, 0.6) is 0 Å². The zero-order valence-electron chi connectivity index (χ0n) is 12.9. The maximum absolute atomic E-state index is 12.7. The highest BCUT2D eigenvalue weighted by molar-refractivity contribution is 7.10. The minimum absolute atomic E-state index is 0.271. The molecule has 0 bridgehead atoms. The lowest BCUT2D eigenvalue weighted by molar-refractivity contribution is -0.137. The molecule has 7 heteroatoms. The first-order valence-corrected chi connectivity index (χ1v) is 7.91. The Labute approximate surface area is 137 Å². The second kappa shape index (κ2) is 7.50. The Hall–Kier alpha value is -2.02. The van der Waals surface area contributed by atoms with Gasteiger partial charge in [0.25, 0.3) is 0 Å². The van der Waals surface area contributed by atoms with E-state index in [-0.39, 0.29) is 6.54 Å². The van der Waals surface area contributed by atoms with Gasteiger partial charge in [-0.05, 0) is 41.6 Å². The maximum atomic E-state index is 12.7. The second-order valence-electron chi connectivity index (χ2n) is 5.00. The molecule has 23 heavy (non-hydrogen) atoms. The summed E-state index contributed by atoms with van der Waals surface area (Å²) in [6.07, 6.45) is -4.33. The summed E-state index contributed by atoms with van der Waals surface area (Å²) in [7, 11) is 1.63. The van der Waals surface area contributed by atoms with Crippen molar-refractivity contribution in [2.24, 2.45) is 4.99 Å². The third-order valence-electron chi connectivity index (χ3n) is 3.32. The van der Waals surface area contributed by atoms with Crippen LogP contribution in [0.1, 0.15) is 21.6 Å². The topological polar surface area (TPSA) is 36.4 Å². The van der Waals surface area contributed by atoms with E-state index in [0.717, 1.165) is 12.1 Å². The van der Waals surface area contributed by atoms with E-state index < -0.39 is 11.7 Å². The van der Waals surface area contributed by atoms with Crippen molar-refractivity contribution in [3.63, 3.8) is 0 Å². The number of hydrogen-bond acceptors (Lipinski definition) is 2. The van der Waals surface area contributed by atoms with Crippen molar-refractivity contribution in [3.8, 4) is 0 Å². The highest BCUT2D eigenvalue weighted by Crippen LogP contribution is 2.29. The van der Waals surface area contributed by atoms with E-state index in [2.05, 4.69) is 15.6 Å². The number of benzene rings is 1. The molecule has 0 amide bonds. The van der Waals surface area contributed by atoms with Gasteiger partial charge in [0.15, 0.2) is 5.96 Å². The fourth-order valence-corrected chi connectivity index (χ4v) is 2.86. The largest absolute Gasteiger partial charge is 0.416 e. The van der Waals surface area contributed by atoms with E-state index in [0.29, 0.717) is 18.1 Å². The molecule has 0 aliphatic rings. The van der Waals surface area contributed by atoms with Crippen LogP contribution >= 0.6 is 11.3 Å². The van der Waals surface area contributed by atoms with Crippen LogP contribution < -0.4 is 10.6 Å². The number of nitrogens with zero attached hydrogens (tertiary/aromatic N) is 1.